The van der Waals surface area contributed by atoms with E-state index in [1.54, 1.807) is 35.5 Å². The van der Waals surface area contributed by atoms with E-state index in [2.05, 4.69) is 16.7 Å². The molecule has 0 radical (unpaired) electrons. The van der Waals surface area contributed by atoms with E-state index in [9.17, 15) is 9.18 Å². The molecule has 0 fully saturated rings. The van der Waals surface area contributed by atoms with Crippen LogP contribution in [0.1, 0.15) is 5.69 Å². The zero-order chi connectivity index (χ0) is 15.9. The van der Waals surface area contributed by atoms with Gasteiger partial charge in [0.2, 0.25) is 0 Å². The molecule has 0 N–H and O–H groups in total. The van der Waals surface area contributed by atoms with Crippen molar-refractivity contribution in [1.29, 1.82) is 0 Å². The van der Waals surface area contributed by atoms with Gasteiger partial charge < -0.3 is 4.74 Å². The molecule has 6 nitrogen and oxygen atoms in total. The fraction of sp³-hybridized carbons (Fsp3) is 0.133. The van der Waals surface area contributed by atoms with Crippen LogP contribution in [0.2, 0.25) is 0 Å². The van der Waals surface area contributed by atoms with Crippen molar-refractivity contribution >= 4 is 17.0 Å². The Labute approximate surface area is 125 Å². The van der Waals surface area contributed by atoms with Gasteiger partial charge in [-0.25, -0.2) is 18.9 Å². The van der Waals surface area contributed by atoms with Gasteiger partial charge in [-0.2, -0.15) is 5.10 Å². The molecule has 3 aromatic heterocycles. The Balaban J connectivity index is 2.22. The lowest BCUT2D eigenvalue weighted by Gasteiger charge is -2.08. The predicted octanol–water partition coefficient (Wildman–Crippen LogP) is 2.30. The minimum atomic E-state index is -0.576. The maximum atomic E-state index is 13.3. The number of rotatable bonds is 3. The van der Waals surface area contributed by atoms with Gasteiger partial charge in [0.1, 0.15) is 17.2 Å². The predicted molar refractivity (Wildman–Crippen MR) is 78.4 cm³/mol. The zero-order valence-electron chi connectivity index (χ0n) is 12.1. The molecule has 0 atom stereocenters. The first kappa shape index (κ1) is 14.0. The number of carbonyl (C=O) groups excluding carboxylic acids is 1. The summed E-state index contributed by atoms with van der Waals surface area (Å²) in [4.78, 5) is 15.6. The number of ether oxygens (including phenoxy) is 1. The zero-order valence-corrected chi connectivity index (χ0v) is 12.1. The molecule has 0 saturated heterocycles. The summed E-state index contributed by atoms with van der Waals surface area (Å²) in [6.07, 6.45) is 3.94. The fourth-order valence-electron chi connectivity index (χ4n) is 2.32. The number of aromatic nitrogens is 4. The van der Waals surface area contributed by atoms with Crippen LogP contribution in [-0.2, 0) is 11.8 Å². The second kappa shape index (κ2) is 5.10. The number of nitrogens with zero attached hydrogens (tertiary/aromatic N) is 4. The Kier molecular flexibility index (Phi) is 3.25. The summed E-state index contributed by atoms with van der Waals surface area (Å²) in [5.41, 5.74) is 1.09. The van der Waals surface area contributed by atoms with Gasteiger partial charge in [-0.15, -0.1) is 0 Å². The Morgan fingerprint density at radius 3 is 3.00 bits per heavy atom. The van der Waals surface area contributed by atoms with E-state index in [1.165, 1.54) is 6.07 Å². The average molecular weight is 300 g/mol. The molecule has 112 valence electrons. The molecule has 7 heteroatoms. The fourth-order valence-corrected chi connectivity index (χ4v) is 2.32. The third kappa shape index (κ3) is 2.16. The number of pyridine rings is 1. The van der Waals surface area contributed by atoms with Gasteiger partial charge in [0.05, 0.1) is 6.20 Å². The second-order valence-electron chi connectivity index (χ2n) is 4.74. The monoisotopic (exact) mass is 300 g/mol. The minimum absolute atomic E-state index is 0.316. The van der Waals surface area contributed by atoms with Crippen molar-refractivity contribution in [3.63, 3.8) is 0 Å². The third-order valence-corrected chi connectivity index (χ3v) is 3.23. The van der Waals surface area contributed by atoms with Crippen LogP contribution in [0.25, 0.3) is 16.9 Å². The van der Waals surface area contributed by atoms with Gasteiger partial charge >= 0.3 is 5.97 Å². The van der Waals surface area contributed by atoms with Gasteiger partial charge in [0.25, 0.3) is 0 Å². The highest BCUT2D eigenvalue weighted by Crippen LogP contribution is 2.29. The number of esters is 1. The molecule has 3 rings (SSSR count). The molecule has 0 bridgehead atoms. The number of aryl methyl sites for hydroxylation is 2. The molecule has 0 spiro atoms. The lowest BCUT2D eigenvalue weighted by atomic mass is 10.3. The van der Waals surface area contributed by atoms with Crippen LogP contribution in [0.3, 0.4) is 0 Å². The maximum Gasteiger partial charge on any atom is 0.335 e. The molecule has 0 saturated carbocycles. The van der Waals surface area contributed by atoms with Crippen molar-refractivity contribution < 1.29 is 13.9 Å². The van der Waals surface area contributed by atoms with E-state index >= 15 is 0 Å². The van der Waals surface area contributed by atoms with Crippen molar-refractivity contribution in [2.75, 3.05) is 0 Å². The van der Waals surface area contributed by atoms with E-state index in [0.717, 1.165) is 12.3 Å². The Morgan fingerprint density at radius 2 is 2.27 bits per heavy atom. The number of halogens is 1. The normalized spacial score (nSPS) is 10.9. The first-order chi connectivity index (χ1) is 10.5. The van der Waals surface area contributed by atoms with Gasteiger partial charge in [0.15, 0.2) is 11.6 Å². The summed E-state index contributed by atoms with van der Waals surface area (Å²) in [6.45, 7) is 5.11. The molecule has 0 aliphatic heterocycles. The minimum Gasteiger partial charge on any atom is -0.417 e. The molecular weight excluding hydrogens is 287 g/mol. The van der Waals surface area contributed by atoms with Crippen molar-refractivity contribution in [3.8, 4) is 11.6 Å². The van der Waals surface area contributed by atoms with Gasteiger partial charge in [-0.1, -0.05) is 6.58 Å². The molecule has 0 aromatic carbocycles. The quantitative estimate of drug-likeness (QED) is 0.550. The van der Waals surface area contributed by atoms with Crippen LogP contribution in [-0.4, -0.2) is 25.3 Å². The Hall–Kier alpha value is -2.96. The largest absolute Gasteiger partial charge is 0.417 e. The first-order valence-corrected chi connectivity index (χ1v) is 6.52. The third-order valence-electron chi connectivity index (χ3n) is 3.23. The van der Waals surface area contributed by atoms with Crippen LogP contribution in [0.5, 0.6) is 5.75 Å². The number of fused-ring (bicyclic) bond motifs is 1. The number of carbonyl (C=O) groups is 1. The maximum absolute atomic E-state index is 13.3. The summed E-state index contributed by atoms with van der Waals surface area (Å²) in [6, 6.07) is 3.12. The molecule has 0 aliphatic rings. The highest BCUT2D eigenvalue weighted by molar-refractivity contribution is 5.84. The number of hydrogen-bond donors (Lipinski definition) is 0. The summed E-state index contributed by atoms with van der Waals surface area (Å²) in [5, 5.41) is 4.90. The van der Waals surface area contributed by atoms with Gasteiger partial charge in [0, 0.05) is 24.7 Å². The first-order valence-electron chi connectivity index (χ1n) is 6.52. The standard InChI is InChI=1S/C15H13FN4O2/c1-4-12(21)22-13-9(2)18-19(3)15(13)20-6-5-10-7-11(16)8-17-14(10)20/h4-8H,1H2,2-3H3. The molecular formula is C15H13FN4O2. The Morgan fingerprint density at radius 1 is 1.50 bits per heavy atom. The average Bonchev–Trinajstić information content (AvgIpc) is 2.99. The molecule has 3 heterocycles. The molecule has 0 amide bonds. The molecule has 3 aromatic rings. The SMILES string of the molecule is C=CC(=O)Oc1c(C)nn(C)c1-n1ccc2cc(F)cnc21. The Bertz CT molecular complexity index is 894. The second-order valence-corrected chi connectivity index (χ2v) is 4.74. The van der Waals surface area contributed by atoms with Crippen molar-refractivity contribution in [3.05, 3.63) is 48.7 Å². The number of hydrogen-bond acceptors (Lipinski definition) is 4. The summed E-state index contributed by atoms with van der Waals surface area (Å²) >= 11 is 0. The van der Waals surface area contributed by atoms with Crippen molar-refractivity contribution in [2.24, 2.45) is 7.05 Å². The van der Waals surface area contributed by atoms with Crippen molar-refractivity contribution in [2.45, 2.75) is 6.92 Å². The van der Waals surface area contributed by atoms with E-state index in [1.807, 2.05) is 0 Å². The van der Waals surface area contributed by atoms with Crippen LogP contribution in [0.15, 0.2) is 37.2 Å². The summed E-state index contributed by atoms with van der Waals surface area (Å²) in [5.74, 6) is -0.143. The summed E-state index contributed by atoms with van der Waals surface area (Å²) < 4.78 is 21.8. The lowest BCUT2D eigenvalue weighted by Crippen LogP contribution is -2.08. The van der Waals surface area contributed by atoms with E-state index in [4.69, 9.17) is 4.74 Å². The lowest BCUT2D eigenvalue weighted by molar-refractivity contribution is -0.129. The van der Waals surface area contributed by atoms with Crippen molar-refractivity contribution in [1.82, 2.24) is 19.3 Å². The smallest absolute Gasteiger partial charge is 0.335 e. The summed E-state index contributed by atoms with van der Waals surface area (Å²) in [7, 11) is 1.73. The molecule has 22 heavy (non-hydrogen) atoms. The highest BCUT2D eigenvalue weighted by atomic mass is 19.1. The highest BCUT2D eigenvalue weighted by Gasteiger charge is 2.20. The van der Waals surface area contributed by atoms with Crippen LogP contribution < -0.4 is 4.74 Å². The van der Waals surface area contributed by atoms with Crippen LogP contribution in [0, 0.1) is 12.7 Å². The van der Waals surface area contributed by atoms with Gasteiger partial charge in [-0.05, 0) is 19.1 Å². The van der Waals surface area contributed by atoms with Crippen LogP contribution in [0.4, 0.5) is 4.39 Å². The van der Waals surface area contributed by atoms with Gasteiger partial charge in [-0.3, -0.25) is 4.57 Å². The van der Waals surface area contributed by atoms with E-state index in [-0.39, 0.29) is 0 Å². The topological polar surface area (TPSA) is 61.9 Å². The van der Waals surface area contributed by atoms with E-state index in [0.29, 0.717) is 28.3 Å². The molecule has 0 unspecified atom stereocenters. The molecule has 0 aliphatic carbocycles. The van der Waals surface area contributed by atoms with E-state index < -0.39 is 11.8 Å². The van der Waals surface area contributed by atoms with Crippen LogP contribution >= 0.6 is 0 Å².